The van der Waals surface area contributed by atoms with Gasteiger partial charge in [-0.15, -0.1) is 0 Å². The molecule has 1 amide bonds. The molecule has 7 nitrogen and oxygen atoms in total. The molecule has 0 aliphatic carbocycles. The monoisotopic (exact) mass is 427 g/mol. The standard InChI is InChI=1S/C25H25N5O2/c1-25(2)15-29(14-21(25)18-12-27-28(3)13-18)23(31)17-8-10-19(11-9-17)30-16-26-22-7-5-4-6-20(22)24(30)32/h4-13,16,21H,14-15H2,1-3H3. The molecule has 32 heavy (non-hydrogen) atoms. The van der Waals surface area contributed by atoms with Gasteiger partial charge in [-0.3, -0.25) is 18.8 Å². The maximum atomic E-state index is 13.2. The zero-order valence-corrected chi connectivity index (χ0v) is 18.4. The van der Waals surface area contributed by atoms with Crippen LogP contribution in [0.25, 0.3) is 16.6 Å². The first-order valence-corrected chi connectivity index (χ1v) is 10.7. The van der Waals surface area contributed by atoms with E-state index >= 15 is 0 Å². The van der Waals surface area contributed by atoms with Crippen LogP contribution in [0.1, 0.15) is 35.7 Å². The van der Waals surface area contributed by atoms with E-state index in [2.05, 4.69) is 23.9 Å². The van der Waals surface area contributed by atoms with Gasteiger partial charge in [0.05, 0.1) is 22.8 Å². The summed E-state index contributed by atoms with van der Waals surface area (Å²) in [6, 6.07) is 14.4. The molecule has 0 spiro atoms. The van der Waals surface area contributed by atoms with Crippen molar-refractivity contribution in [1.29, 1.82) is 0 Å². The second-order valence-electron chi connectivity index (χ2n) is 9.16. The zero-order chi connectivity index (χ0) is 22.5. The molecule has 0 radical (unpaired) electrons. The molecule has 4 aromatic rings. The van der Waals surface area contributed by atoms with Crippen LogP contribution in [-0.2, 0) is 7.05 Å². The third kappa shape index (κ3) is 3.39. The number of aromatic nitrogens is 4. The number of carbonyl (C=O) groups is 1. The van der Waals surface area contributed by atoms with E-state index in [1.54, 1.807) is 35.0 Å². The third-order valence-corrected chi connectivity index (χ3v) is 6.42. The highest BCUT2D eigenvalue weighted by Gasteiger charge is 2.42. The lowest BCUT2D eigenvalue weighted by atomic mass is 9.79. The summed E-state index contributed by atoms with van der Waals surface area (Å²) in [4.78, 5) is 32.4. The highest BCUT2D eigenvalue weighted by molar-refractivity contribution is 5.94. The first-order chi connectivity index (χ1) is 15.3. The Kier molecular flexibility index (Phi) is 4.69. The highest BCUT2D eigenvalue weighted by Crippen LogP contribution is 2.42. The molecule has 162 valence electrons. The van der Waals surface area contributed by atoms with Crippen molar-refractivity contribution < 1.29 is 4.79 Å². The van der Waals surface area contributed by atoms with Gasteiger partial charge in [0.2, 0.25) is 0 Å². The Hall–Kier alpha value is -3.74. The molecular formula is C25H25N5O2. The summed E-state index contributed by atoms with van der Waals surface area (Å²) >= 11 is 0. The number of amides is 1. The number of carbonyl (C=O) groups excluding carboxylic acids is 1. The minimum absolute atomic E-state index is 0.00000119. The molecule has 3 heterocycles. The van der Waals surface area contributed by atoms with E-state index in [-0.39, 0.29) is 22.8 Å². The molecule has 0 N–H and O–H groups in total. The van der Waals surface area contributed by atoms with Crippen LogP contribution in [0.15, 0.2) is 72.0 Å². The van der Waals surface area contributed by atoms with Crippen molar-refractivity contribution in [3.63, 3.8) is 0 Å². The Labute approximate surface area is 185 Å². The van der Waals surface area contributed by atoms with E-state index < -0.39 is 0 Å². The van der Waals surface area contributed by atoms with Gasteiger partial charge in [0.25, 0.3) is 11.5 Å². The minimum Gasteiger partial charge on any atom is -0.337 e. The lowest BCUT2D eigenvalue weighted by molar-refractivity contribution is 0.0778. The quantitative estimate of drug-likeness (QED) is 0.502. The van der Waals surface area contributed by atoms with Crippen LogP contribution in [0.4, 0.5) is 0 Å². The molecule has 7 heteroatoms. The molecule has 5 rings (SSSR count). The number of hydrogen-bond donors (Lipinski definition) is 0. The van der Waals surface area contributed by atoms with E-state index in [1.165, 1.54) is 10.9 Å². The smallest absolute Gasteiger partial charge is 0.265 e. The van der Waals surface area contributed by atoms with Crippen LogP contribution in [0.2, 0.25) is 0 Å². The summed E-state index contributed by atoms with van der Waals surface area (Å²) in [5.74, 6) is 0.238. The highest BCUT2D eigenvalue weighted by atomic mass is 16.2. The normalized spacial score (nSPS) is 17.7. The van der Waals surface area contributed by atoms with Gasteiger partial charge in [-0.05, 0) is 47.4 Å². The second-order valence-corrected chi connectivity index (χ2v) is 9.16. The van der Waals surface area contributed by atoms with Crippen LogP contribution in [0, 0.1) is 5.41 Å². The molecule has 1 saturated heterocycles. The number of likely N-dealkylation sites (tertiary alicyclic amines) is 1. The first kappa shape index (κ1) is 20.2. The second kappa shape index (κ2) is 7.44. The van der Waals surface area contributed by atoms with Crippen molar-refractivity contribution in [2.45, 2.75) is 19.8 Å². The molecule has 0 bridgehead atoms. The Bertz CT molecular complexity index is 1370. The fourth-order valence-electron chi connectivity index (χ4n) is 4.67. The molecule has 2 aromatic carbocycles. The lowest BCUT2D eigenvalue weighted by Crippen LogP contribution is -2.30. The first-order valence-electron chi connectivity index (χ1n) is 10.7. The predicted octanol–water partition coefficient (Wildman–Crippen LogP) is 3.39. The van der Waals surface area contributed by atoms with Crippen LogP contribution in [-0.4, -0.2) is 43.2 Å². The van der Waals surface area contributed by atoms with E-state index in [0.29, 0.717) is 35.2 Å². The summed E-state index contributed by atoms with van der Waals surface area (Å²) in [6.45, 7) is 5.73. The lowest BCUT2D eigenvalue weighted by Gasteiger charge is -2.24. The Morgan fingerprint density at radius 1 is 1.09 bits per heavy atom. The minimum atomic E-state index is -0.129. The molecule has 1 fully saturated rings. The molecule has 2 aromatic heterocycles. The fraction of sp³-hybridized carbons (Fsp3) is 0.280. The van der Waals surface area contributed by atoms with Crippen LogP contribution < -0.4 is 5.56 Å². The van der Waals surface area contributed by atoms with Gasteiger partial charge in [0.15, 0.2) is 0 Å². The number of nitrogens with zero attached hydrogens (tertiary/aromatic N) is 5. The third-order valence-electron chi connectivity index (χ3n) is 6.42. The number of para-hydroxylation sites is 1. The van der Waals surface area contributed by atoms with Gasteiger partial charge >= 0.3 is 0 Å². The van der Waals surface area contributed by atoms with Crippen LogP contribution in [0.5, 0.6) is 0 Å². The Balaban J connectivity index is 1.39. The number of aryl methyl sites for hydroxylation is 1. The van der Waals surface area contributed by atoms with Gasteiger partial charge in [-0.1, -0.05) is 26.0 Å². The van der Waals surface area contributed by atoms with Gasteiger partial charge in [-0.25, -0.2) is 4.98 Å². The number of fused-ring (bicyclic) bond motifs is 1. The Morgan fingerprint density at radius 3 is 2.56 bits per heavy atom. The van der Waals surface area contributed by atoms with Crippen molar-refractivity contribution in [2.24, 2.45) is 12.5 Å². The van der Waals surface area contributed by atoms with Crippen molar-refractivity contribution in [2.75, 3.05) is 13.1 Å². The molecule has 1 aliphatic rings. The number of benzene rings is 2. The molecule has 1 unspecified atom stereocenters. The molecule has 0 saturated carbocycles. The number of hydrogen-bond acceptors (Lipinski definition) is 4. The average molecular weight is 428 g/mol. The van der Waals surface area contributed by atoms with Crippen molar-refractivity contribution in [1.82, 2.24) is 24.2 Å². The predicted molar refractivity (Wildman–Crippen MR) is 123 cm³/mol. The summed E-state index contributed by atoms with van der Waals surface area (Å²) in [6.07, 6.45) is 5.46. The van der Waals surface area contributed by atoms with Gasteiger partial charge < -0.3 is 4.90 Å². The van der Waals surface area contributed by atoms with Crippen molar-refractivity contribution in [3.8, 4) is 5.69 Å². The van der Waals surface area contributed by atoms with Crippen molar-refractivity contribution in [3.05, 3.63) is 88.7 Å². The van der Waals surface area contributed by atoms with E-state index in [1.807, 2.05) is 42.5 Å². The van der Waals surface area contributed by atoms with E-state index in [0.717, 1.165) is 5.56 Å². The molecule has 1 atom stereocenters. The average Bonchev–Trinajstić information content (AvgIpc) is 3.35. The molecule has 1 aliphatic heterocycles. The van der Waals surface area contributed by atoms with Gasteiger partial charge in [0, 0.05) is 37.8 Å². The van der Waals surface area contributed by atoms with Crippen molar-refractivity contribution >= 4 is 16.8 Å². The molecular weight excluding hydrogens is 402 g/mol. The largest absolute Gasteiger partial charge is 0.337 e. The maximum Gasteiger partial charge on any atom is 0.265 e. The summed E-state index contributed by atoms with van der Waals surface area (Å²) in [5, 5.41) is 4.87. The zero-order valence-electron chi connectivity index (χ0n) is 18.4. The topological polar surface area (TPSA) is 73.0 Å². The summed E-state index contributed by atoms with van der Waals surface area (Å²) in [5.41, 5.74) is 2.95. The van der Waals surface area contributed by atoms with Crippen LogP contribution >= 0.6 is 0 Å². The SMILES string of the molecule is Cn1cc(C2CN(C(=O)c3ccc(-n4cnc5ccccc5c4=O)cc3)CC2(C)C)cn1. The van der Waals surface area contributed by atoms with Crippen LogP contribution in [0.3, 0.4) is 0 Å². The summed E-state index contributed by atoms with van der Waals surface area (Å²) in [7, 11) is 1.91. The van der Waals surface area contributed by atoms with Gasteiger partial charge in [-0.2, -0.15) is 5.10 Å². The maximum absolute atomic E-state index is 13.2. The fourth-order valence-corrected chi connectivity index (χ4v) is 4.67. The number of rotatable bonds is 3. The van der Waals surface area contributed by atoms with Gasteiger partial charge in [0.1, 0.15) is 6.33 Å². The van der Waals surface area contributed by atoms with E-state index in [9.17, 15) is 9.59 Å². The van der Waals surface area contributed by atoms with E-state index in [4.69, 9.17) is 0 Å². The summed E-state index contributed by atoms with van der Waals surface area (Å²) < 4.78 is 3.31. The Morgan fingerprint density at radius 2 is 1.84 bits per heavy atom.